The van der Waals surface area contributed by atoms with Crippen LogP contribution in [0.1, 0.15) is 0 Å². The van der Waals surface area contributed by atoms with Gasteiger partial charge in [0.1, 0.15) is 61.6 Å². The van der Waals surface area contributed by atoms with Crippen LogP contribution in [0.5, 0.6) is 23.0 Å². The van der Waals surface area contributed by atoms with Gasteiger partial charge in [0.15, 0.2) is 0 Å². The normalized spacial score (nSPS) is 12.4. The molecule has 2 atom stereocenters. The lowest BCUT2D eigenvalue weighted by Gasteiger charge is -2.20. The van der Waals surface area contributed by atoms with E-state index >= 15 is 0 Å². The molecule has 0 aliphatic carbocycles. The quantitative estimate of drug-likeness (QED) is 0.156. The lowest BCUT2D eigenvalue weighted by molar-refractivity contribution is 0.0613. The molecule has 0 saturated heterocycles. The molecule has 0 bridgehead atoms. The molecule has 5 aromatic rings. The summed E-state index contributed by atoms with van der Waals surface area (Å²) in [5, 5.41) is 22.9. The van der Waals surface area contributed by atoms with Crippen LogP contribution in [0.4, 0.5) is 0 Å². The second-order valence-electron chi connectivity index (χ2n) is 9.34. The van der Waals surface area contributed by atoms with E-state index in [4.69, 9.17) is 18.9 Å². The van der Waals surface area contributed by atoms with Gasteiger partial charge in [-0.1, -0.05) is 90.6 Å². The molecule has 2 unspecified atom stereocenters. The van der Waals surface area contributed by atoms with Crippen molar-refractivity contribution in [3.05, 3.63) is 121 Å². The number of rotatable bonds is 14. The second-order valence-corrected chi connectivity index (χ2v) is 10.5. The SMILES string of the molecule is OC(COc1ccccc1)COc1cc(Sc2ccccc2)c(OCC(O)COc2ccccc2)c2ccccc12. The zero-order valence-corrected chi connectivity index (χ0v) is 23.3. The molecule has 41 heavy (non-hydrogen) atoms. The largest absolute Gasteiger partial charge is 0.491 e. The molecule has 210 valence electrons. The lowest BCUT2D eigenvalue weighted by atomic mass is 10.1. The molecule has 0 fully saturated rings. The van der Waals surface area contributed by atoms with Crippen molar-refractivity contribution in [3.8, 4) is 23.0 Å². The Morgan fingerprint density at radius 1 is 0.512 bits per heavy atom. The van der Waals surface area contributed by atoms with E-state index in [1.165, 1.54) is 0 Å². The van der Waals surface area contributed by atoms with Crippen LogP contribution in [0.15, 0.2) is 131 Å². The minimum atomic E-state index is -0.834. The van der Waals surface area contributed by atoms with Crippen LogP contribution in [0.2, 0.25) is 0 Å². The fourth-order valence-corrected chi connectivity index (χ4v) is 5.11. The van der Waals surface area contributed by atoms with Gasteiger partial charge in [-0.2, -0.15) is 0 Å². The minimum absolute atomic E-state index is 0.0505. The van der Waals surface area contributed by atoms with Crippen LogP contribution in [0.3, 0.4) is 0 Å². The van der Waals surface area contributed by atoms with Crippen molar-refractivity contribution in [1.29, 1.82) is 0 Å². The molecule has 0 saturated carbocycles. The van der Waals surface area contributed by atoms with Crippen molar-refractivity contribution < 1.29 is 29.2 Å². The molecule has 0 aromatic heterocycles. The molecule has 0 radical (unpaired) electrons. The topological polar surface area (TPSA) is 77.4 Å². The van der Waals surface area contributed by atoms with E-state index in [1.54, 1.807) is 11.8 Å². The highest BCUT2D eigenvalue weighted by Gasteiger charge is 2.18. The Hall–Kier alpha value is -4.17. The zero-order chi connectivity index (χ0) is 28.3. The Morgan fingerprint density at radius 2 is 0.976 bits per heavy atom. The van der Waals surface area contributed by atoms with Gasteiger partial charge in [-0.25, -0.2) is 0 Å². The van der Waals surface area contributed by atoms with Crippen LogP contribution in [0.25, 0.3) is 10.8 Å². The number of aliphatic hydroxyl groups is 2. The van der Waals surface area contributed by atoms with Crippen LogP contribution in [-0.4, -0.2) is 48.8 Å². The molecule has 0 heterocycles. The molecule has 0 spiro atoms. The van der Waals surface area contributed by atoms with Crippen molar-refractivity contribution in [2.45, 2.75) is 22.0 Å². The third-order valence-electron chi connectivity index (χ3n) is 6.12. The van der Waals surface area contributed by atoms with E-state index in [0.717, 1.165) is 20.6 Å². The maximum Gasteiger partial charge on any atom is 0.141 e. The molecule has 6 nitrogen and oxygen atoms in total. The lowest BCUT2D eigenvalue weighted by Crippen LogP contribution is -2.25. The molecular formula is C34H32O6S. The number of aliphatic hydroxyl groups excluding tert-OH is 2. The smallest absolute Gasteiger partial charge is 0.141 e. The maximum absolute atomic E-state index is 10.6. The summed E-state index contributed by atoms with van der Waals surface area (Å²) in [7, 11) is 0. The highest BCUT2D eigenvalue weighted by Crippen LogP contribution is 2.44. The van der Waals surface area contributed by atoms with E-state index in [-0.39, 0.29) is 26.4 Å². The fraction of sp³-hybridized carbons (Fsp3) is 0.176. The van der Waals surface area contributed by atoms with Crippen molar-refractivity contribution in [3.63, 3.8) is 0 Å². The van der Waals surface area contributed by atoms with Crippen molar-refractivity contribution in [2.24, 2.45) is 0 Å². The molecule has 0 aliphatic rings. The Balaban J connectivity index is 1.34. The van der Waals surface area contributed by atoms with Gasteiger partial charge in [0.25, 0.3) is 0 Å². The summed E-state index contributed by atoms with van der Waals surface area (Å²) < 4.78 is 23.8. The second kappa shape index (κ2) is 14.5. The Morgan fingerprint density at radius 3 is 1.56 bits per heavy atom. The van der Waals surface area contributed by atoms with Crippen LogP contribution >= 0.6 is 11.8 Å². The molecule has 0 aliphatic heterocycles. The summed E-state index contributed by atoms with van der Waals surface area (Å²) in [6.45, 7) is 0.321. The summed E-state index contributed by atoms with van der Waals surface area (Å²) >= 11 is 1.54. The highest BCUT2D eigenvalue weighted by molar-refractivity contribution is 7.99. The standard InChI is InChI=1S/C34H32O6S/c35-25(21-37-27-12-4-1-5-13-27)23-39-32-20-33(41-29-16-8-3-9-17-29)34(31-19-11-10-18-30(31)32)40-24-26(36)22-38-28-14-6-2-7-15-28/h1-20,25-26,35-36H,21-24H2. The molecule has 5 rings (SSSR count). The number of hydrogen-bond acceptors (Lipinski definition) is 7. The monoisotopic (exact) mass is 568 g/mol. The van der Waals surface area contributed by atoms with E-state index in [1.807, 2.05) is 121 Å². The fourth-order valence-electron chi connectivity index (χ4n) is 4.13. The van der Waals surface area contributed by atoms with Gasteiger partial charge in [0.05, 0.1) is 4.90 Å². The van der Waals surface area contributed by atoms with E-state index in [2.05, 4.69) is 0 Å². The van der Waals surface area contributed by atoms with Crippen LogP contribution < -0.4 is 18.9 Å². The average Bonchev–Trinajstić information content (AvgIpc) is 3.02. The van der Waals surface area contributed by atoms with Crippen molar-refractivity contribution in [1.82, 2.24) is 0 Å². The first-order valence-corrected chi connectivity index (χ1v) is 14.2. The Bertz CT molecular complexity index is 1500. The molecule has 7 heteroatoms. The maximum atomic E-state index is 10.6. The average molecular weight is 569 g/mol. The number of fused-ring (bicyclic) bond motifs is 1. The van der Waals surface area contributed by atoms with Crippen molar-refractivity contribution >= 4 is 22.5 Å². The highest BCUT2D eigenvalue weighted by atomic mass is 32.2. The van der Waals surface area contributed by atoms with Gasteiger partial charge in [0.2, 0.25) is 0 Å². The zero-order valence-electron chi connectivity index (χ0n) is 22.5. The third-order valence-corrected chi connectivity index (χ3v) is 7.15. The summed E-state index contributed by atoms with van der Waals surface area (Å²) in [5.41, 5.74) is 0. The summed E-state index contributed by atoms with van der Waals surface area (Å²) in [5.74, 6) is 2.65. The number of benzene rings is 5. The summed E-state index contributed by atoms with van der Waals surface area (Å²) in [6.07, 6.45) is -1.66. The first-order chi connectivity index (χ1) is 20.2. The first-order valence-electron chi connectivity index (χ1n) is 13.4. The van der Waals surface area contributed by atoms with E-state index in [9.17, 15) is 10.2 Å². The van der Waals surface area contributed by atoms with Gasteiger partial charge in [-0.3, -0.25) is 0 Å². The Labute approximate surface area is 244 Å². The van der Waals surface area contributed by atoms with Gasteiger partial charge in [-0.05, 0) is 42.5 Å². The number of hydrogen-bond donors (Lipinski definition) is 2. The van der Waals surface area contributed by atoms with Gasteiger partial charge in [0, 0.05) is 15.7 Å². The van der Waals surface area contributed by atoms with Gasteiger partial charge in [-0.15, -0.1) is 0 Å². The molecule has 2 N–H and O–H groups in total. The van der Waals surface area contributed by atoms with Gasteiger partial charge >= 0.3 is 0 Å². The van der Waals surface area contributed by atoms with Crippen LogP contribution in [-0.2, 0) is 0 Å². The minimum Gasteiger partial charge on any atom is -0.491 e. The van der Waals surface area contributed by atoms with E-state index < -0.39 is 12.2 Å². The molecular weight excluding hydrogens is 536 g/mol. The predicted octanol–water partition coefficient (Wildman–Crippen LogP) is 6.63. The van der Waals surface area contributed by atoms with Crippen LogP contribution in [0, 0.1) is 0 Å². The number of para-hydroxylation sites is 2. The summed E-state index contributed by atoms with van der Waals surface area (Å²) in [4.78, 5) is 1.86. The molecule has 5 aromatic carbocycles. The third kappa shape index (κ3) is 8.17. The van der Waals surface area contributed by atoms with E-state index in [0.29, 0.717) is 23.0 Å². The number of ether oxygens (including phenoxy) is 4. The van der Waals surface area contributed by atoms with Crippen molar-refractivity contribution in [2.75, 3.05) is 26.4 Å². The Kier molecular flexibility index (Phi) is 10.0. The summed E-state index contributed by atoms with van der Waals surface area (Å²) in [6, 6.07) is 38.4. The first kappa shape index (κ1) is 28.4. The molecule has 0 amide bonds. The van der Waals surface area contributed by atoms with Gasteiger partial charge < -0.3 is 29.2 Å². The predicted molar refractivity (Wildman–Crippen MR) is 161 cm³/mol.